The molecule has 1 heterocycles. The van der Waals surface area contributed by atoms with Crippen molar-refractivity contribution < 1.29 is 0 Å². The number of rotatable bonds is 4. The van der Waals surface area contributed by atoms with Gasteiger partial charge >= 0.3 is 0 Å². The number of aromatic nitrogens is 2. The Kier molecular flexibility index (Phi) is 3.75. The monoisotopic (exact) mass is 235 g/mol. The fraction of sp³-hybridized carbons (Fsp3) is 0.786. The standard InChI is InChI=1S/C14H25N3/c1-10(2)8-17-9-12(4)15-14(17)16-13-6-5-11(3)7-13/h9-11,13H,5-8H2,1-4H3,(H,15,16). The second kappa shape index (κ2) is 5.11. The molecule has 3 nitrogen and oxygen atoms in total. The second-order valence-electron chi connectivity index (χ2n) is 6.01. The summed E-state index contributed by atoms with van der Waals surface area (Å²) < 4.78 is 2.27. The third-order valence-electron chi connectivity index (χ3n) is 3.49. The Balaban J connectivity index is 2.04. The van der Waals surface area contributed by atoms with Crippen molar-refractivity contribution in [2.45, 2.75) is 59.5 Å². The summed E-state index contributed by atoms with van der Waals surface area (Å²) in [6.45, 7) is 9.95. The average Bonchev–Trinajstić information content (AvgIpc) is 2.74. The first-order valence-corrected chi connectivity index (χ1v) is 6.85. The fourth-order valence-electron chi connectivity index (χ4n) is 2.72. The fourth-order valence-corrected chi connectivity index (χ4v) is 2.72. The van der Waals surface area contributed by atoms with Gasteiger partial charge in [0.05, 0.1) is 5.69 Å². The van der Waals surface area contributed by atoms with E-state index in [1.165, 1.54) is 19.3 Å². The molecule has 3 heteroatoms. The first-order valence-electron chi connectivity index (χ1n) is 6.85. The Hall–Kier alpha value is -0.990. The lowest BCUT2D eigenvalue weighted by atomic mass is 10.1. The van der Waals surface area contributed by atoms with E-state index in [2.05, 4.69) is 48.8 Å². The maximum atomic E-state index is 4.60. The number of aryl methyl sites for hydroxylation is 1. The van der Waals surface area contributed by atoms with Gasteiger partial charge in [0.1, 0.15) is 0 Å². The number of imidazole rings is 1. The van der Waals surface area contributed by atoms with Crippen LogP contribution in [0.4, 0.5) is 5.95 Å². The maximum Gasteiger partial charge on any atom is 0.203 e. The van der Waals surface area contributed by atoms with E-state index in [0.29, 0.717) is 12.0 Å². The minimum absolute atomic E-state index is 0.623. The van der Waals surface area contributed by atoms with Crippen LogP contribution in [0, 0.1) is 18.8 Å². The summed E-state index contributed by atoms with van der Waals surface area (Å²) in [5, 5.41) is 3.62. The molecule has 2 unspecified atom stereocenters. The number of anilines is 1. The molecule has 2 rings (SSSR count). The van der Waals surface area contributed by atoms with Crippen molar-refractivity contribution in [3.05, 3.63) is 11.9 Å². The smallest absolute Gasteiger partial charge is 0.203 e. The molecule has 1 aliphatic carbocycles. The molecule has 1 aliphatic rings. The van der Waals surface area contributed by atoms with Gasteiger partial charge < -0.3 is 9.88 Å². The molecule has 17 heavy (non-hydrogen) atoms. The van der Waals surface area contributed by atoms with Crippen LogP contribution >= 0.6 is 0 Å². The third-order valence-corrected chi connectivity index (χ3v) is 3.49. The van der Waals surface area contributed by atoms with Crippen LogP contribution < -0.4 is 5.32 Å². The Bertz CT molecular complexity index is 368. The lowest BCUT2D eigenvalue weighted by molar-refractivity contribution is 0.522. The first-order chi connectivity index (χ1) is 8.04. The molecule has 2 atom stereocenters. The van der Waals surface area contributed by atoms with Crippen LogP contribution in [0.5, 0.6) is 0 Å². The van der Waals surface area contributed by atoms with Crippen LogP contribution in [0.3, 0.4) is 0 Å². The Morgan fingerprint density at radius 1 is 1.47 bits per heavy atom. The van der Waals surface area contributed by atoms with Gasteiger partial charge in [-0.25, -0.2) is 4.98 Å². The minimum Gasteiger partial charge on any atom is -0.353 e. The maximum absolute atomic E-state index is 4.60. The van der Waals surface area contributed by atoms with E-state index >= 15 is 0 Å². The van der Waals surface area contributed by atoms with Crippen molar-refractivity contribution in [2.24, 2.45) is 11.8 Å². The highest BCUT2D eigenvalue weighted by molar-refractivity contribution is 5.30. The van der Waals surface area contributed by atoms with Gasteiger partial charge in [0.25, 0.3) is 0 Å². The van der Waals surface area contributed by atoms with Crippen molar-refractivity contribution in [3.8, 4) is 0 Å². The molecular weight excluding hydrogens is 210 g/mol. The molecule has 0 amide bonds. The van der Waals surface area contributed by atoms with E-state index < -0.39 is 0 Å². The van der Waals surface area contributed by atoms with Gasteiger partial charge in [-0.2, -0.15) is 0 Å². The van der Waals surface area contributed by atoms with E-state index in [1.54, 1.807) is 0 Å². The molecule has 0 bridgehead atoms. The molecule has 0 spiro atoms. The Labute approximate surface area is 105 Å². The summed E-state index contributed by atoms with van der Waals surface area (Å²) >= 11 is 0. The molecule has 0 aliphatic heterocycles. The van der Waals surface area contributed by atoms with Crippen LogP contribution in [0.25, 0.3) is 0 Å². The molecule has 0 aromatic carbocycles. The van der Waals surface area contributed by atoms with Gasteiger partial charge in [-0.1, -0.05) is 20.8 Å². The summed E-state index contributed by atoms with van der Waals surface area (Å²) in [5.41, 5.74) is 1.11. The van der Waals surface area contributed by atoms with Crippen molar-refractivity contribution >= 4 is 5.95 Å². The second-order valence-corrected chi connectivity index (χ2v) is 6.01. The van der Waals surface area contributed by atoms with E-state index in [1.807, 2.05) is 0 Å². The topological polar surface area (TPSA) is 29.9 Å². The summed E-state index contributed by atoms with van der Waals surface area (Å²) in [6.07, 6.45) is 6.07. The molecule has 0 saturated heterocycles. The quantitative estimate of drug-likeness (QED) is 0.866. The number of hydrogen-bond acceptors (Lipinski definition) is 2. The number of hydrogen-bond donors (Lipinski definition) is 1. The normalized spacial score (nSPS) is 24.5. The lowest BCUT2D eigenvalue weighted by Crippen LogP contribution is -2.19. The number of nitrogens with one attached hydrogen (secondary N) is 1. The molecule has 1 aromatic heterocycles. The molecular formula is C14H25N3. The van der Waals surface area contributed by atoms with E-state index in [0.717, 1.165) is 24.1 Å². The van der Waals surface area contributed by atoms with Gasteiger partial charge in [0, 0.05) is 18.8 Å². The summed E-state index contributed by atoms with van der Waals surface area (Å²) in [6, 6.07) is 0.623. The Morgan fingerprint density at radius 2 is 2.24 bits per heavy atom. The summed E-state index contributed by atoms with van der Waals surface area (Å²) in [4.78, 5) is 4.60. The minimum atomic E-state index is 0.623. The third kappa shape index (κ3) is 3.24. The Morgan fingerprint density at radius 3 is 2.82 bits per heavy atom. The van der Waals surface area contributed by atoms with Crippen molar-refractivity contribution in [1.82, 2.24) is 9.55 Å². The van der Waals surface area contributed by atoms with Crippen LogP contribution in [-0.2, 0) is 6.54 Å². The van der Waals surface area contributed by atoms with Crippen LogP contribution in [-0.4, -0.2) is 15.6 Å². The summed E-state index contributed by atoms with van der Waals surface area (Å²) in [7, 11) is 0. The van der Waals surface area contributed by atoms with E-state index in [9.17, 15) is 0 Å². The molecule has 0 radical (unpaired) electrons. The zero-order valence-corrected chi connectivity index (χ0v) is 11.5. The predicted octanol–water partition coefficient (Wildman–Crippen LogP) is 3.45. The van der Waals surface area contributed by atoms with Crippen LogP contribution in [0.15, 0.2) is 6.20 Å². The predicted molar refractivity (Wildman–Crippen MR) is 72.2 cm³/mol. The molecule has 1 aromatic rings. The molecule has 96 valence electrons. The zero-order chi connectivity index (χ0) is 12.4. The first kappa shape index (κ1) is 12.5. The number of nitrogens with zero attached hydrogens (tertiary/aromatic N) is 2. The SMILES string of the molecule is Cc1cn(CC(C)C)c(NC2CCC(C)C2)n1. The van der Waals surface area contributed by atoms with Gasteiger partial charge in [-0.15, -0.1) is 0 Å². The van der Waals surface area contributed by atoms with Crippen LogP contribution in [0.1, 0.15) is 45.7 Å². The molecule has 1 fully saturated rings. The van der Waals surface area contributed by atoms with Crippen molar-refractivity contribution in [1.29, 1.82) is 0 Å². The zero-order valence-electron chi connectivity index (χ0n) is 11.5. The van der Waals surface area contributed by atoms with E-state index in [4.69, 9.17) is 0 Å². The highest BCUT2D eigenvalue weighted by atomic mass is 15.2. The van der Waals surface area contributed by atoms with Crippen molar-refractivity contribution in [3.63, 3.8) is 0 Å². The van der Waals surface area contributed by atoms with Gasteiger partial charge in [-0.05, 0) is 38.0 Å². The van der Waals surface area contributed by atoms with Crippen LogP contribution in [0.2, 0.25) is 0 Å². The highest BCUT2D eigenvalue weighted by Crippen LogP contribution is 2.27. The largest absolute Gasteiger partial charge is 0.353 e. The van der Waals surface area contributed by atoms with E-state index in [-0.39, 0.29) is 0 Å². The van der Waals surface area contributed by atoms with Gasteiger partial charge in [-0.3, -0.25) is 0 Å². The van der Waals surface area contributed by atoms with Gasteiger partial charge in [0.15, 0.2) is 0 Å². The van der Waals surface area contributed by atoms with Gasteiger partial charge in [0.2, 0.25) is 5.95 Å². The molecule has 1 saturated carbocycles. The average molecular weight is 235 g/mol. The summed E-state index contributed by atoms with van der Waals surface area (Å²) in [5.74, 6) is 2.59. The lowest BCUT2D eigenvalue weighted by Gasteiger charge is -2.16. The van der Waals surface area contributed by atoms with Crippen molar-refractivity contribution in [2.75, 3.05) is 5.32 Å². The highest BCUT2D eigenvalue weighted by Gasteiger charge is 2.22. The molecule has 1 N–H and O–H groups in total.